The number of nitrogens with one attached hydrogen (secondary N) is 1. The molecule has 1 aliphatic heterocycles. The van der Waals surface area contributed by atoms with Gasteiger partial charge in [-0.25, -0.2) is 8.42 Å². The molecule has 0 spiro atoms. The Kier molecular flexibility index (Phi) is 6.18. The molecule has 7 nitrogen and oxygen atoms in total. The Hall–Kier alpha value is -0.700. The second kappa shape index (κ2) is 7.18. The number of nitrogens with zero attached hydrogens (tertiary/aromatic N) is 2. The van der Waals surface area contributed by atoms with Gasteiger partial charge in [-0.15, -0.1) is 0 Å². The van der Waals surface area contributed by atoms with E-state index in [1.54, 1.807) is 0 Å². The molecule has 1 saturated heterocycles. The van der Waals surface area contributed by atoms with Crippen molar-refractivity contribution in [1.29, 1.82) is 0 Å². The van der Waals surface area contributed by atoms with Crippen LogP contribution >= 0.6 is 0 Å². The number of methoxy groups -OCH3 is 1. The van der Waals surface area contributed by atoms with Crippen molar-refractivity contribution in [2.24, 2.45) is 0 Å². The smallest absolute Gasteiger partial charge is 0.324 e. The number of piperazine rings is 1. The van der Waals surface area contributed by atoms with Crippen molar-refractivity contribution in [2.45, 2.75) is 13.0 Å². The molecule has 0 aliphatic carbocycles. The van der Waals surface area contributed by atoms with Crippen LogP contribution in [0.5, 0.6) is 0 Å². The van der Waals surface area contributed by atoms with Crippen LogP contribution in [0.25, 0.3) is 0 Å². The molecule has 19 heavy (non-hydrogen) atoms. The summed E-state index contributed by atoms with van der Waals surface area (Å²) in [6.45, 7) is 5.36. The molecule has 8 heteroatoms. The van der Waals surface area contributed by atoms with Crippen molar-refractivity contribution in [3.8, 4) is 0 Å². The molecular weight excluding hydrogens is 270 g/mol. The molecule has 1 atom stereocenters. The minimum Gasteiger partial charge on any atom is -0.468 e. The van der Waals surface area contributed by atoms with Gasteiger partial charge in [0.1, 0.15) is 6.04 Å². The molecule has 112 valence electrons. The summed E-state index contributed by atoms with van der Waals surface area (Å²) in [4.78, 5) is 13.7. The van der Waals surface area contributed by atoms with Gasteiger partial charge in [0.15, 0.2) is 0 Å². The fourth-order valence-corrected chi connectivity index (χ4v) is 2.94. The zero-order valence-electron chi connectivity index (χ0n) is 11.8. The van der Waals surface area contributed by atoms with E-state index in [-0.39, 0.29) is 12.0 Å². The minimum atomic E-state index is -3.11. The van der Waals surface area contributed by atoms with Gasteiger partial charge in [-0.1, -0.05) is 6.92 Å². The van der Waals surface area contributed by atoms with E-state index in [0.717, 1.165) is 0 Å². The number of carbonyl (C=O) groups excluding carboxylic acids is 1. The summed E-state index contributed by atoms with van der Waals surface area (Å²) in [5, 5.41) is 3.07. The van der Waals surface area contributed by atoms with E-state index >= 15 is 0 Å². The first-order chi connectivity index (χ1) is 8.88. The van der Waals surface area contributed by atoms with E-state index in [4.69, 9.17) is 4.74 Å². The SMILES string of the molecule is CCNC(CN1CCN(S(C)(=O)=O)CC1)C(=O)OC. The summed E-state index contributed by atoms with van der Waals surface area (Å²) in [5.74, 6) is -0.285. The highest BCUT2D eigenvalue weighted by molar-refractivity contribution is 7.88. The molecule has 1 fully saturated rings. The molecule has 0 saturated carbocycles. The minimum absolute atomic E-state index is 0.285. The van der Waals surface area contributed by atoms with Crippen LogP contribution in [-0.2, 0) is 19.6 Å². The molecule has 0 bridgehead atoms. The Morgan fingerprint density at radius 3 is 2.32 bits per heavy atom. The lowest BCUT2D eigenvalue weighted by Crippen LogP contribution is -2.53. The highest BCUT2D eigenvalue weighted by Crippen LogP contribution is 2.07. The van der Waals surface area contributed by atoms with Crippen molar-refractivity contribution in [1.82, 2.24) is 14.5 Å². The Bertz CT molecular complexity index is 391. The molecule has 1 aliphatic rings. The molecule has 1 N–H and O–H groups in total. The highest BCUT2D eigenvalue weighted by Gasteiger charge is 2.27. The van der Waals surface area contributed by atoms with Crippen LogP contribution in [0.4, 0.5) is 0 Å². The van der Waals surface area contributed by atoms with Crippen LogP contribution in [-0.4, -0.2) is 82.3 Å². The second-order valence-electron chi connectivity index (χ2n) is 4.60. The zero-order chi connectivity index (χ0) is 14.5. The average Bonchev–Trinajstić information content (AvgIpc) is 2.37. The van der Waals surface area contributed by atoms with E-state index in [1.165, 1.54) is 17.7 Å². The fraction of sp³-hybridized carbons (Fsp3) is 0.909. The third kappa shape index (κ3) is 5.06. The van der Waals surface area contributed by atoms with Crippen molar-refractivity contribution in [3.63, 3.8) is 0 Å². The number of ether oxygens (including phenoxy) is 1. The predicted octanol–water partition coefficient (Wildman–Crippen LogP) is -1.29. The quantitative estimate of drug-likeness (QED) is 0.614. The van der Waals surface area contributed by atoms with E-state index in [0.29, 0.717) is 39.3 Å². The maximum Gasteiger partial charge on any atom is 0.324 e. The molecule has 1 unspecified atom stereocenters. The topological polar surface area (TPSA) is 79.0 Å². The van der Waals surface area contributed by atoms with Crippen LogP contribution in [0.3, 0.4) is 0 Å². The van der Waals surface area contributed by atoms with E-state index < -0.39 is 10.0 Å². The molecule has 1 heterocycles. The zero-order valence-corrected chi connectivity index (χ0v) is 12.6. The van der Waals surface area contributed by atoms with Crippen LogP contribution in [0.2, 0.25) is 0 Å². The molecule has 0 aromatic heterocycles. The average molecular weight is 293 g/mol. The van der Waals surface area contributed by atoms with Crippen molar-refractivity contribution >= 4 is 16.0 Å². The van der Waals surface area contributed by atoms with E-state index in [1.807, 2.05) is 6.92 Å². The van der Waals surface area contributed by atoms with Gasteiger partial charge in [0.2, 0.25) is 10.0 Å². The fourth-order valence-electron chi connectivity index (χ4n) is 2.11. The number of rotatable bonds is 6. The third-order valence-corrected chi connectivity index (χ3v) is 4.48. The largest absolute Gasteiger partial charge is 0.468 e. The molecule has 0 amide bonds. The first-order valence-corrected chi connectivity index (χ1v) is 8.22. The second-order valence-corrected chi connectivity index (χ2v) is 6.58. The summed E-state index contributed by atoms with van der Waals surface area (Å²) in [6, 6.07) is -0.361. The number of esters is 1. The standard InChI is InChI=1S/C11H23N3O4S/c1-4-12-10(11(15)18-2)9-13-5-7-14(8-6-13)19(3,16)17/h10,12H,4-9H2,1-3H3. The summed E-state index contributed by atoms with van der Waals surface area (Å²) < 4.78 is 29.0. The number of hydrogen-bond acceptors (Lipinski definition) is 6. The van der Waals surface area contributed by atoms with Gasteiger partial charge < -0.3 is 10.1 Å². The highest BCUT2D eigenvalue weighted by atomic mass is 32.2. The number of sulfonamides is 1. The maximum atomic E-state index is 11.6. The van der Waals surface area contributed by atoms with Crippen LogP contribution in [0, 0.1) is 0 Å². The van der Waals surface area contributed by atoms with Gasteiger partial charge in [0, 0.05) is 32.7 Å². The molecule has 0 radical (unpaired) electrons. The Morgan fingerprint density at radius 2 is 1.89 bits per heavy atom. The molecule has 0 aromatic carbocycles. The summed E-state index contributed by atoms with van der Waals surface area (Å²) in [6.07, 6.45) is 1.22. The van der Waals surface area contributed by atoms with Crippen LogP contribution < -0.4 is 5.32 Å². The van der Waals surface area contributed by atoms with E-state index in [9.17, 15) is 13.2 Å². The van der Waals surface area contributed by atoms with Crippen molar-refractivity contribution in [3.05, 3.63) is 0 Å². The van der Waals surface area contributed by atoms with Gasteiger partial charge >= 0.3 is 5.97 Å². The van der Waals surface area contributed by atoms with Gasteiger partial charge in [-0.2, -0.15) is 4.31 Å². The molecule has 0 aromatic rings. The van der Waals surface area contributed by atoms with Crippen molar-refractivity contribution in [2.75, 3.05) is 52.6 Å². The van der Waals surface area contributed by atoms with Gasteiger partial charge in [0.05, 0.1) is 13.4 Å². The first-order valence-electron chi connectivity index (χ1n) is 6.37. The lowest BCUT2D eigenvalue weighted by atomic mass is 10.2. The predicted molar refractivity (Wildman–Crippen MR) is 72.3 cm³/mol. The summed E-state index contributed by atoms with van der Waals surface area (Å²) in [5.41, 5.74) is 0. The Labute approximate surface area is 114 Å². The van der Waals surface area contributed by atoms with Gasteiger partial charge in [0.25, 0.3) is 0 Å². The van der Waals surface area contributed by atoms with Crippen LogP contribution in [0.15, 0.2) is 0 Å². The third-order valence-electron chi connectivity index (χ3n) is 3.18. The monoisotopic (exact) mass is 293 g/mol. The normalized spacial score (nSPS) is 20.2. The van der Waals surface area contributed by atoms with Gasteiger partial charge in [-0.3, -0.25) is 9.69 Å². The van der Waals surface area contributed by atoms with Crippen molar-refractivity contribution < 1.29 is 17.9 Å². The first kappa shape index (κ1) is 16.4. The lowest BCUT2D eigenvalue weighted by Gasteiger charge is -2.34. The van der Waals surface area contributed by atoms with Gasteiger partial charge in [-0.05, 0) is 6.54 Å². The lowest BCUT2D eigenvalue weighted by molar-refractivity contribution is -0.143. The maximum absolute atomic E-state index is 11.6. The van der Waals surface area contributed by atoms with E-state index in [2.05, 4.69) is 10.2 Å². The Balaban J connectivity index is 2.48. The number of hydrogen-bond donors (Lipinski definition) is 1. The molecule has 1 rings (SSSR count). The Morgan fingerprint density at radius 1 is 1.32 bits per heavy atom. The summed E-state index contributed by atoms with van der Waals surface area (Å²) >= 11 is 0. The molecular formula is C11H23N3O4S. The number of carbonyl (C=O) groups is 1. The number of likely N-dealkylation sites (N-methyl/N-ethyl adjacent to an activating group) is 1. The summed E-state index contributed by atoms with van der Waals surface area (Å²) in [7, 11) is -1.74. The van der Waals surface area contributed by atoms with Crippen LogP contribution in [0.1, 0.15) is 6.92 Å².